The van der Waals surface area contributed by atoms with Gasteiger partial charge in [0.15, 0.2) is 5.75 Å². The van der Waals surface area contributed by atoms with Gasteiger partial charge in [-0.3, -0.25) is 10.1 Å². The topological polar surface area (TPSA) is 76.2 Å². The highest BCUT2D eigenvalue weighted by Crippen LogP contribution is 2.28. The number of halogens is 3. The molecule has 0 heterocycles. The lowest BCUT2D eigenvalue weighted by atomic mass is 10.2. The van der Waals surface area contributed by atoms with Gasteiger partial charge in [0.25, 0.3) is 0 Å². The molecule has 0 saturated heterocycles. The lowest BCUT2D eigenvalue weighted by Crippen LogP contribution is -2.05. The average molecular weight is 232 g/mol. The summed E-state index contributed by atoms with van der Waals surface area (Å²) < 4.78 is 40.6. The summed E-state index contributed by atoms with van der Waals surface area (Å²) in [6.45, 7) is -3.25. The van der Waals surface area contributed by atoms with Crippen LogP contribution in [0.5, 0.6) is 5.75 Å². The summed E-state index contributed by atoms with van der Waals surface area (Å²) in [5.41, 5.74) is -1.57. The van der Waals surface area contributed by atoms with Gasteiger partial charge in [-0.1, -0.05) is 0 Å². The summed E-state index contributed by atoms with van der Waals surface area (Å²) in [6, 6.07) is 2.30. The smallest absolute Gasteiger partial charge is 0.387 e. The predicted octanol–water partition coefficient (Wildman–Crippen LogP) is 2.21. The molecule has 1 rings (SSSR count). The zero-order chi connectivity index (χ0) is 12.3. The average Bonchev–Trinajstić information content (AvgIpc) is 2.18. The van der Waals surface area contributed by atoms with E-state index in [9.17, 15) is 23.3 Å². The van der Waals surface area contributed by atoms with Crippen molar-refractivity contribution >= 4 is 5.69 Å². The van der Waals surface area contributed by atoms with Gasteiger partial charge in [-0.2, -0.15) is 18.4 Å². The second-order valence-corrected chi connectivity index (χ2v) is 2.55. The first-order valence-electron chi connectivity index (χ1n) is 3.78. The van der Waals surface area contributed by atoms with Crippen LogP contribution in [-0.4, -0.2) is 11.5 Å². The molecular formula is C8H3F3N2O3. The Hall–Kier alpha value is -2.30. The maximum absolute atomic E-state index is 13.0. The van der Waals surface area contributed by atoms with Crippen LogP contribution in [0.4, 0.5) is 18.9 Å². The molecule has 84 valence electrons. The highest BCUT2D eigenvalue weighted by molar-refractivity contribution is 5.51. The van der Waals surface area contributed by atoms with E-state index in [1.54, 1.807) is 0 Å². The van der Waals surface area contributed by atoms with Gasteiger partial charge in [-0.15, -0.1) is 0 Å². The zero-order valence-corrected chi connectivity index (χ0v) is 7.49. The molecule has 1 aromatic carbocycles. The van der Waals surface area contributed by atoms with E-state index in [0.717, 1.165) is 0 Å². The number of rotatable bonds is 3. The molecule has 0 fully saturated rings. The van der Waals surface area contributed by atoms with Crippen LogP contribution in [-0.2, 0) is 0 Å². The maximum atomic E-state index is 13.0. The molecule has 0 aliphatic carbocycles. The minimum atomic E-state index is -3.25. The predicted molar refractivity (Wildman–Crippen MR) is 44.4 cm³/mol. The van der Waals surface area contributed by atoms with Gasteiger partial charge in [-0.05, 0) is 0 Å². The molecule has 0 saturated carbocycles. The third kappa shape index (κ3) is 2.38. The van der Waals surface area contributed by atoms with Crippen LogP contribution in [0.25, 0.3) is 0 Å². The van der Waals surface area contributed by atoms with Crippen molar-refractivity contribution in [3.8, 4) is 11.8 Å². The van der Waals surface area contributed by atoms with Gasteiger partial charge in [-0.25, -0.2) is 0 Å². The fourth-order valence-electron chi connectivity index (χ4n) is 0.963. The zero-order valence-electron chi connectivity index (χ0n) is 7.49. The van der Waals surface area contributed by atoms with Gasteiger partial charge in [0.1, 0.15) is 6.07 Å². The van der Waals surface area contributed by atoms with Crippen LogP contribution >= 0.6 is 0 Å². The Bertz CT molecular complexity index is 470. The third-order valence-electron chi connectivity index (χ3n) is 1.58. The second-order valence-electron chi connectivity index (χ2n) is 2.55. The van der Waals surface area contributed by atoms with E-state index in [0.29, 0.717) is 12.1 Å². The number of nitro benzene ring substituents is 1. The number of hydrogen-bond donors (Lipinski definition) is 0. The van der Waals surface area contributed by atoms with Crippen LogP contribution in [0.3, 0.4) is 0 Å². The van der Waals surface area contributed by atoms with Crippen LogP contribution in [0, 0.1) is 27.3 Å². The van der Waals surface area contributed by atoms with Crippen molar-refractivity contribution in [2.75, 3.05) is 0 Å². The van der Waals surface area contributed by atoms with E-state index in [-0.39, 0.29) is 0 Å². The molecule has 5 nitrogen and oxygen atoms in total. The van der Waals surface area contributed by atoms with E-state index in [4.69, 9.17) is 5.26 Å². The number of nitrogens with zero attached hydrogens (tertiary/aromatic N) is 2. The van der Waals surface area contributed by atoms with E-state index < -0.39 is 34.4 Å². The summed E-state index contributed by atoms with van der Waals surface area (Å²) in [7, 11) is 0. The fourth-order valence-corrected chi connectivity index (χ4v) is 0.963. The maximum Gasteiger partial charge on any atom is 0.387 e. The molecule has 0 N–H and O–H groups in total. The summed E-state index contributed by atoms with van der Waals surface area (Å²) in [4.78, 5) is 9.20. The van der Waals surface area contributed by atoms with Gasteiger partial charge in [0.05, 0.1) is 16.6 Å². The summed E-state index contributed by atoms with van der Waals surface area (Å²) in [5, 5.41) is 18.8. The highest BCUT2D eigenvalue weighted by Gasteiger charge is 2.20. The van der Waals surface area contributed by atoms with Crippen LogP contribution in [0.1, 0.15) is 5.56 Å². The van der Waals surface area contributed by atoms with Gasteiger partial charge >= 0.3 is 12.3 Å². The number of benzene rings is 1. The Kier molecular flexibility index (Phi) is 3.30. The SMILES string of the molecule is N#Cc1cc(F)c([N+](=O)[O-])cc1OC(F)F. The van der Waals surface area contributed by atoms with Crippen LogP contribution in [0.15, 0.2) is 12.1 Å². The molecule has 8 heteroatoms. The standard InChI is InChI=1S/C8H3F3N2O3/c9-5-1-4(3-12)7(16-8(10)11)2-6(5)13(14)15/h1-2,8H. The molecule has 0 atom stereocenters. The Morgan fingerprint density at radius 1 is 1.50 bits per heavy atom. The number of hydrogen-bond acceptors (Lipinski definition) is 4. The normalized spacial score (nSPS) is 9.94. The summed E-state index contributed by atoms with van der Waals surface area (Å²) >= 11 is 0. The molecule has 0 aliphatic rings. The Labute approximate surface area is 86.8 Å². The number of nitro groups is 1. The van der Waals surface area contributed by atoms with Crippen molar-refractivity contribution in [2.24, 2.45) is 0 Å². The lowest BCUT2D eigenvalue weighted by molar-refractivity contribution is -0.387. The lowest BCUT2D eigenvalue weighted by Gasteiger charge is -2.06. The van der Waals surface area contributed by atoms with Crippen molar-refractivity contribution < 1.29 is 22.8 Å². The largest absolute Gasteiger partial charge is 0.433 e. The van der Waals surface area contributed by atoms with Crippen molar-refractivity contribution in [2.45, 2.75) is 6.61 Å². The first-order chi connectivity index (χ1) is 7.45. The summed E-state index contributed by atoms with van der Waals surface area (Å²) in [5.74, 6) is -2.02. The molecule has 0 amide bonds. The quantitative estimate of drug-likeness (QED) is 0.591. The minimum absolute atomic E-state index is 0.444. The first-order valence-corrected chi connectivity index (χ1v) is 3.78. The van der Waals surface area contributed by atoms with E-state index in [2.05, 4.69) is 4.74 Å². The van der Waals surface area contributed by atoms with E-state index in [1.165, 1.54) is 6.07 Å². The Morgan fingerprint density at radius 3 is 2.56 bits per heavy atom. The monoisotopic (exact) mass is 232 g/mol. The second kappa shape index (κ2) is 4.48. The molecule has 0 unspecified atom stereocenters. The Balaban J connectivity index is 3.30. The number of ether oxygens (including phenoxy) is 1. The molecule has 0 aromatic heterocycles. The van der Waals surface area contributed by atoms with Crippen molar-refractivity contribution in [3.05, 3.63) is 33.6 Å². The molecule has 0 bridgehead atoms. The van der Waals surface area contributed by atoms with Gasteiger partial charge < -0.3 is 4.74 Å². The van der Waals surface area contributed by atoms with Crippen LogP contribution in [0.2, 0.25) is 0 Å². The van der Waals surface area contributed by atoms with E-state index in [1.807, 2.05) is 0 Å². The minimum Gasteiger partial charge on any atom is -0.433 e. The van der Waals surface area contributed by atoms with E-state index >= 15 is 0 Å². The molecule has 16 heavy (non-hydrogen) atoms. The molecular weight excluding hydrogens is 229 g/mol. The number of alkyl halides is 2. The molecule has 1 aromatic rings. The molecule has 0 radical (unpaired) electrons. The Morgan fingerprint density at radius 2 is 2.12 bits per heavy atom. The van der Waals surface area contributed by atoms with Crippen molar-refractivity contribution in [3.63, 3.8) is 0 Å². The summed E-state index contributed by atoms with van der Waals surface area (Å²) in [6.07, 6.45) is 0. The van der Waals surface area contributed by atoms with Crippen molar-refractivity contribution in [1.82, 2.24) is 0 Å². The van der Waals surface area contributed by atoms with Crippen molar-refractivity contribution in [1.29, 1.82) is 5.26 Å². The highest BCUT2D eigenvalue weighted by atomic mass is 19.3. The molecule has 0 spiro atoms. The molecule has 0 aliphatic heterocycles. The fraction of sp³-hybridized carbons (Fsp3) is 0.125. The van der Waals surface area contributed by atoms with Crippen LogP contribution < -0.4 is 4.74 Å². The first kappa shape index (κ1) is 11.8. The van der Waals surface area contributed by atoms with Gasteiger partial charge in [0, 0.05) is 6.07 Å². The third-order valence-corrected chi connectivity index (χ3v) is 1.58. The van der Waals surface area contributed by atoms with Gasteiger partial charge in [0.2, 0.25) is 5.82 Å². The number of nitriles is 1.